The fourth-order valence-corrected chi connectivity index (χ4v) is 3.07. The van der Waals surface area contributed by atoms with E-state index in [-0.39, 0.29) is 5.91 Å². The molecule has 128 valence electrons. The van der Waals surface area contributed by atoms with Gasteiger partial charge in [-0.25, -0.2) is 0 Å². The molecule has 1 atom stereocenters. The molecule has 0 aliphatic carbocycles. The minimum absolute atomic E-state index is 0.0485. The summed E-state index contributed by atoms with van der Waals surface area (Å²) in [4.78, 5) is 14.5. The Morgan fingerprint density at radius 2 is 2.17 bits per heavy atom. The molecule has 1 fully saturated rings. The van der Waals surface area contributed by atoms with Gasteiger partial charge in [0.15, 0.2) is 0 Å². The number of piperidine rings is 1. The summed E-state index contributed by atoms with van der Waals surface area (Å²) in [6.07, 6.45) is 3.63. The molecule has 0 radical (unpaired) electrons. The summed E-state index contributed by atoms with van der Waals surface area (Å²) in [6, 6.07) is 9.34. The van der Waals surface area contributed by atoms with Gasteiger partial charge < -0.3 is 18.8 Å². The first-order valence-electron chi connectivity index (χ1n) is 8.27. The summed E-state index contributed by atoms with van der Waals surface area (Å²) in [7, 11) is 1.64. The molecule has 1 amide bonds. The van der Waals surface area contributed by atoms with E-state index in [1.54, 1.807) is 19.4 Å². The highest BCUT2D eigenvalue weighted by Crippen LogP contribution is 2.23. The lowest BCUT2D eigenvalue weighted by Crippen LogP contribution is -2.41. The fraction of sp³-hybridized carbons (Fsp3) is 0.421. The van der Waals surface area contributed by atoms with E-state index in [9.17, 15) is 4.79 Å². The molecule has 2 heterocycles. The molecule has 3 rings (SSSR count). The maximum absolute atomic E-state index is 12.6. The monoisotopic (exact) mass is 329 g/mol. The third-order valence-electron chi connectivity index (χ3n) is 4.42. The molecule has 1 aromatic carbocycles. The van der Waals surface area contributed by atoms with Crippen molar-refractivity contribution in [1.29, 1.82) is 0 Å². The number of likely N-dealkylation sites (tertiary alicyclic amines) is 1. The molecular weight excluding hydrogens is 306 g/mol. The van der Waals surface area contributed by atoms with E-state index in [1.165, 1.54) is 0 Å². The Labute approximate surface area is 142 Å². The van der Waals surface area contributed by atoms with Gasteiger partial charge in [-0.1, -0.05) is 6.07 Å². The quantitative estimate of drug-likeness (QED) is 0.842. The summed E-state index contributed by atoms with van der Waals surface area (Å²) in [6.45, 7) is 3.93. The van der Waals surface area contributed by atoms with Crippen molar-refractivity contribution >= 4 is 5.91 Å². The van der Waals surface area contributed by atoms with Crippen molar-refractivity contribution in [2.75, 3.05) is 26.8 Å². The summed E-state index contributed by atoms with van der Waals surface area (Å²) in [5, 5.41) is 0. The molecule has 24 heavy (non-hydrogen) atoms. The van der Waals surface area contributed by atoms with E-state index in [0.29, 0.717) is 30.4 Å². The Morgan fingerprint density at radius 1 is 1.33 bits per heavy atom. The van der Waals surface area contributed by atoms with Gasteiger partial charge >= 0.3 is 0 Å². The number of furan rings is 1. The lowest BCUT2D eigenvalue weighted by atomic mass is 9.98. The lowest BCUT2D eigenvalue weighted by Gasteiger charge is -2.32. The predicted octanol–water partition coefficient (Wildman–Crippen LogP) is 3.53. The number of aryl methyl sites for hydroxylation is 1. The van der Waals surface area contributed by atoms with Crippen LogP contribution in [0.5, 0.6) is 11.5 Å². The Kier molecular flexibility index (Phi) is 5.08. The molecule has 1 aliphatic heterocycles. The molecule has 5 nitrogen and oxygen atoms in total. The van der Waals surface area contributed by atoms with Gasteiger partial charge in [0.2, 0.25) is 0 Å². The van der Waals surface area contributed by atoms with Gasteiger partial charge in [0.1, 0.15) is 17.3 Å². The molecule has 5 heteroatoms. The number of hydrogen-bond donors (Lipinski definition) is 0. The topological polar surface area (TPSA) is 51.9 Å². The molecule has 0 bridgehead atoms. The molecule has 0 spiro atoms. The molecule has 0 N–H and O–H groups in total. The number of ether oxygens (including phenoxy) is 2. The number of hydrogen-bond acceptors (Lipinski definition) is 4. The molecule has 0 saturated carbocycles. The Morgan fingerprint density at radius 3 is 2.92 bits per heavy atom. The number of amides is 1. The Bertz CT molecular complexity index is 694. The van der Waals surface area contributed by atoms with Gasteiger partial charge in [-0.05, 0) is 38.0 Å². The smallest absolute Gasteiger partial charge is 0.257 e. The van der Waals surface area contributed by atoms with Gasteiger partial charge in [-0.2, -0.15) is 0 Å². The molecule has 1 aromatic heterocycles. The maximum Gasteiger partial charge on any atom is 0.257 e. The van der Waals surface area contributed by atoms with Crippen LogP contribution in [0, 0.1) is 12.8 Å². The zero-order valence-corrected chi connectivity index (χ0v) is 14.2. The van der Waals surface area contributed by atoms with Crippen molar-refractivity contribution in [2.24, 2.45) is 5.92 Å². The minimum atomic E-state index is 0.0485. The zero-order chi connectivity index (χ0) is 16.9. The van der Waals surface area contributed by atoms with Crippen molar-refractivity contribution < 1.29 is 18.7 Å². The molecular formula is C19H23NO4. The van der Waals surface area contributed by atoms with Crippen LogP contribution >= 0.6 is 0 Å². The number of carbonyl (C=O) groups excluding carboxylic acids is 1. The van der Waals surface area contributed by atoms with Crippen LogP contribution in [0.25, 0.3) is 0 Å². The summed E-state index contributed by atoms with van der Waals surface area (Å²) < 4.78 is 16.3. The van der Waals surface area contributed by atoms with Crippen molar-refractivity contribution in [3.63, 3.8) is 0 Å². The molecule has 1 unspecified atom stereocenters. The van der Waals surface area contributed by atoms with E-state index in [4.69, 9.17) is 13.9 Å². The first kappa shape index (κ1) is 16.4. The number of nitrogens with zero attached hydrogens (tertiary/aromatic N) is 1. The number of methoxy groups -OCH3 is 1. The van der Waals surface area contributed by atoms with Gasteiger partial charge in [-0.15, -0.1) is 0 Å². The molecule has 1 aliphatic rings. The second kappa shape index (κ2) is 7.43. The Balaban J connectivity index is 1.57. The fourth-order valence-electron chi connectivity index (χ4n) is 3.07. The van der Waals surface area contributed by atoms with E-state index in [2.05, 4.69) is 0 Å². The van der Waals surface area contributed by atoms with Crippen molar-refractivity contribution in [1.82, 2.24) is 4.90 Å². The first-order valence-corrected chi connectivity index (χ1v) is 8.27. The lowest BCUT2D eigenvalue weighted by molar-refractivity contribution is 0.0631. The van der Waals surface area contributed by atoms with Crippen LogP contribution < -0.4 is 9.47 Å². The van der Waals surface area contributed by atoms with Gasteiger partial charge in [0, 0.05) is 25.1 Å². The highest BCUT2D eigenvalue weighted by atomic mass is 16.5. The van der Waals surface area contributed by atoms with E-state index < -0.39 is 0 Å². The average molecular weight is 329 g/mol. The predicted molar refractivity (Wildman–Crippen MR) is 90.6 cm³/mol. The number of rotatable bonds is 5. The highest BCUT2D eigenvalue weighted by molar-refractivity contribution is 5.95. The van der Waals surface area contributed by atoms with E-state index >= 15 is 0 Å². The van der Waals surface area contributed by atoms with Gasteiger partial charge in [0.25, 0.3) is 5.91 Å². The molecule has 2 aromatic rings. The van der Waals surface area contributed by atoms with Crippen LogP contribution in [0.15, 0.2) is 41.0 Å². The van der Waals surface area contributed by atoms with Gasteiger partial charge in [-0.3, -0.25) is 4.79 Å². The number of benzene rings is 1. The Hall–Kier alpha value is -2.43. The summed E-state index contributed by atoms with van der Waals surface area (Å²) in [5.74, 6) is 2.63. The molecule has 1 saturated heterocycles. The van der Waals surface area contributed by atoms with Crippen molar-refractivity contribution in [3.8, 4) is 11.5 Å². The van der Waals surface area contributed by atoms with E-state index in [0.717, 1.165) is 30.9 Å². The standard InChI is InChI=1S/C19H23NO4/c1-14-18(8-10-23-14)19(21)20-9-4-5-15(12-20)13-24-17-7-3-6-16(11-17)22-2/h3,6-8,10-11,15H,4-5,9,12-13H2,1-2H3. The largest absolute Gasteiger partial charge is 0.497 e. The third kappa shape index (κ3) is 3.72. The van der Waals surface area contributed by atoms with Crippen LogP contribution in [-0.4, -0.2) is 37.6 Å². The maximum atomic E-state index is 12.6. The SMILES string of the molecule is COc1cccc(OCC2CCCN(C(=O)c3ccoc3C)C2)c1. The summed E-state index contributed by atoms with van der Waals surface area (Å²) >= 11 is 0. The van der Waals surface area contributed by atoms with E-state index in [1.807, 2.05) is 36.1 Å². The van der Waals surface area contributed by atoms with Crippen molar-refractivity contribution in [3.05, 3.63) is 47.9 Å². The van der Waals surface area contributed by atoms with Crippen molar-refractivity contribution in [2.45, 2.75) is 19.8 Å². The van der Waals surface area contributed by atoms with Crippen LogP contribution in [0.2, 0.25) is 0 Å². The second-order valence-corrected chi connectivity index (χ2v) is 6.14. The number of carbonyl (C=O) groups is 1. The normalized spacial score (nSPS) is 17.6. The van der Waals surface area contributed by atoms with Crippen LogP contribution in [-0.2, 0) is 0 Å². The van der Waals surface area contributed by atoms with Crippen LogP contribution in [0.4, 0.5) is 0 Å². The first-order chi connectivity index (χ1) is 11.7. The highest BCUT2D eigenvalue weighted by Gasteiger charge is 2.26. The van der Waals surface area contributed by atoms with Gasteiger partial charge in [0.05, 0.1) is 25.5 Å². The average Bonchev–Trinajstić information content (AvgIpc) is 3.05. The second-order valence-electron chi connectivity index (χ2n) is 6.14. The summed E-state index contributed by atoms with van der Waals surface area (Å²) in [5.41, 5.74) is 0.657. The van der Waals surface area contributed by atoms with Crippen LogP contribution in [0.1, 0.15) is 29.0 Å². The third-order valence-corrected chi connectivity index (χ3v) is 4.42. The van der Waals surface area contributed by atoms with Crippen LogP contribution in [0.3, 0.4) is 0 Å². The zero-order valence-electron chi connectivity index (χ0n) is 14.2. The minimum Gasteiger partial charge on any atom is -0.497 e.